The molecule has 0 atom stereocenters. The Labute approximate surface area is 152 Å². The van der Waals surface area contributed by atoms with Crippen molar-refractivity contribution in [3.05, 3.63) is 59.9 Å². The van der Waals surface area contributed by atoms with Crippen molar-refractivity contribution in [2.45, 2.75) is 46.3 Å². The Balaban J connectivity index is 1.49. The summed E-state index contributed by atoms with van der Waals surface area (Å²) in [6.07, 6.45) is 2.34. The number of hydrogen-bond donors (Lipinski definition) is 0. The summed E-state index contributed by atoms with van der Waals surface area (Å²) in [5.74, 6) is -0.202. The largest absolute Gasteiger partial charge is 0.243 e. The fourth-order valence-electron chi connectivity index (χ4n) is 3.97. The monoisotopic (exact) mass is 377 g/mol. The van der Waals surface area contributed by atoms with Gasteiger partial charge >= 0.3 is 0 Å². The van der Waals surface area contributed by atoms with Crippen LogP contribution in [0.15, 0.2) is 58.3 Å². The van der Waals surface area contributed by atoms with Gasteiger partial charge in [0, 0.05) is 22.2 Å². The van der Waals surface area contributed by atoms with Crippen molar-refractivity contribution in [1.82, 2.24) is 4.31 Å². The van der Waals surface area contributed by atoms with Gasteiger partial charge in [0.2, 0.25) is 10.0 Å². The lowest BCUT2D eigenvalue weighted by Gasteiger charge is -2.72. The Morgan fingerprint density at radius 2 is 1.64 bits per heavy atom. The summed E-state index contributed by atoms with van der Waals surface area (Å²) in [6, 6.07) is 13.7. The zero-order valence-electron chi connectivity index (χ0n) is 14.2. The minimum atomic E-state index is -3.49. The molecular weight excluding hydrogens is 357 g/mol. The first-order chi connectivity index (χ1) is 11.8. The third-order valence-electron chi connectivity index (χ3n) is 5.46. The zero-order chi connectivity index (χ0) is 17.9. The average Bonchev–Trinajstić information content (AvgIpc) is 2.51. The second-order valence-corrected chi connectivity index (χ2v) is 10.7. The Hall–Kier alpha value is -1.37. The first-order valence-electron chi connectivity index (χ1n) is 8.26. The number of aryl methyl sites for hydroxylation is 1. The van der Waals surface area contributed by atoms with Gasteiger partial charge in [-0.1, -0.05) is 29.8 Å². The van der Waals surface area contributed by atoms with E-state index < -0.39 is 10.0 Å². The summed E-state index contributed by atoms with van der Waals surface area (Å²) in [4.78, 5) is 0.987. The SMILES string of the molecule is Cc1ccc(S(=O)(=O)N(C)C23CC(Sc4ccccc4F)(C2)C3)cc1. The second kappa shape index (κ2) is 5.56. The number of benzene rings is 2. The molecule has 3 nitrogen and oxygen atoms in total. The van der Waals surface area contributed by atoms with Gasteiger partial charge in [-0.25, -0.2) is 12.8 Å². The maximum atomic E-state index is 13.9. The lowest BCUT2D eigenvalue weighted by Crippen LogP contribution is -2.77. The van der Waals surface area contributed by atoms with Crippen LogP contribution < -0.4 is 0 Å². The number of thioether (sulfide) groups is 1. The van der Waals surface area contributed by atoms with Gasteiger partial charge in [-0.05, 0) is 50.5 Å². The topological polar surface area (TPSA) is 37.4 Å². The van der Waals surface area contributed by atoms with E-state index >= 15 is 0 Å². The van der Waals surface area contributed by atoms with Crippen molar-refractivity contribution in [1.29, 1.82) is 0 Å². The van der Waals surface area contributed by atoms with Gasteiger partial charge in [0.25, 0.3) is 0 Å². The Kier molecular flexibility index (Phi) is 3.80. The minimum Gasteiger partial charge on any atom is -0.207 e. The summed E-state index contributed by atoms with van der Waals surface area (Å²) >= 11 is 1.55. The number of nitrogens with zero attached hydrogens (tertiary/aromatic N) is 1. The van der Waals surface area contributed by atoms with Crippen molar-refractivity contribution >= 4 is 21.8 Å². The van der Waals surface area contributed by atoms with Crippen LogP contribution in [0.1, 0.15) is 24.8 Å². The van der Waals surface area contributed by atoms with Crippen LogP contribution in [0.25, 0.3) is 0 Å². The third-order valence-corrected chi connectivity index (χ3v) is 8.86. The molecule has 5 rings (SSSR count). The molecule has 0 amide bonds. The average molecular weight is 378 g/mol. The predicted octanol–water partition coefficient (Wildman–Crippen LogP) is 4.22. The molecule has 2 bridgehead atoms. The molecule has 0 aliphatic heterocycles. The van der Waals surface area contributed by atoms with E-state index in [1.54, 1.807) is 43.1 Å². The molecular formula is C19H20FNO2S2. The van der Waals surface area contributed by atoms with Crippen LogP contribution in [-0.2, 0) is 10.0 Å². The third kappa shape index (κ3) is 2.62. The fraction of sp³-hybridized carbons (Fsp3) is 0.368. The van der Waals surface area contributed by atoms with Gasteiger partial charge in [-0.3, -0.25) is 0 Å². The summed E-state index contributed by atoms with van der Waals surface area (Å²) in [5, 5.41) is 0. The smallest absolute Gasteiger partial charge is 0.207 e. The molecule has 2 aromatic carbocycles. The molecule has 0 radical (unpaired) electrons. The molecule has 0 unspecified atom stereocenters. The molecule has 6 heteroatoms. The van der Waals surface area contributed by atoms with E-state index in [1.165, 1.54) is 10.4 Å². The van der Waals surface area contributed by atoms with Crippen LogP contribution in [0.3, 0.4) is 0 Å². The first-order valence-corrected chi connectivity index (χ1v) is 10.5. The van der Waals surface area contributed by atoms with Gasteiger partial charge in [0.05, 0.1) is 4.90 Å². The van der Waals surface area contributed by atoms with Crippen molar-refractivity contribution in [2.24, 2.45) is 0 Å². The molecule has 2 aromatic rings. The van der Waals surface area contributed by atoms with Crippen LogP contribution in [0.2, 0.25) is 0 Å². The van der Waals surface area contributed by atoms with E-state index in [2.05, 4.69) is 0 Å². The molecule has 0 aromatic heterocycles. The molecule has 132 valence electrons. The molecule has 3 aliphatic rings. The van der Waals surface area contributed by atoms with Crippen LogP contribution >= 0.6 is 11.8 Å². The number of rotatable bonds is 5. The Morgan fingerprint density at radius 3 is 2.24 bits per heavy atom. The highest BCUT2D eigenvalue weighted by Gasteiger charge is 2.72. The molecule has 0 spiro atoms. The van der Waals surface area contributed by atoms with E-state index in [9.17, 15) is 12.8 Å². The van der Waals surface area contributed by atoms with Crippen LogP contribution in [0.5, 0.6) is 0 Å². The molecule has 3 saturated carbocycles. The standard InChI is InChI=1S/C19H20FNO2S2/c1-14-7-9-15(10-8-14)25(22,23)21(2)18-11-19(12-18,13-18)24-17-6-4-3-5-16(17)20/h3-10H,11-13H2,1-2H3. The van der Waals surface area contributed by atoms with Gasteiger partial charge in [-0.15, -0.1) is 11.8 Å². The fourth-order valence-corrected chi connectivity index (χ4v) is 7.27. The van der Waals surface area contributed by atoms with Gasteiger partial charge in [-0.2, -0.15) is 4.31 Å². The summed E-state index contributed by atoms with van der Waals surface area (Å²) in [6.45, 7) is 1.94. The molecule has 25 heavy (non-hydrogen) atoms. The number of sulfonamides is 1. The van der Waals surface area contributed by atoms with Gasteiger partial charge in [0.15, 0.2) is 0 Å². The number of hydrogen-bond acceptors (Lipinski definition) is 3. The molecule has 0 saturated heterocycles. The molecule has 0 heterocycles. The van der Waals surface area contributed by atoms with Gasteiger partial charge in [0.1, 0.15) is 5.82 Å². The van der Waals surface area contributed by atoms with Crippen LogP contribution in [0, 0.1) is 12.7 Å². The lowest BCUT2D eigenvalue weighted by atomic mass is 9.49. The van der Waals surface area contributed by atoms with Crippen molar-refractivity contribution < 1.29 is 12.8 Å². The summed E-state index contributed by atoms with van der Waals surface area (Å²) in [5.41, 5.74) is 0.731. The number of halogens is 1. The Bertz CT molecular complexity index is 905. The second-order valence-electron chi connectivity index (χ2n) is 7.26. The quantitative estimate of drug-likeness (QED) is 0.783. The minimum absolute atomic E-state index is 0.0146. The zero-order valence-corrected chi connectivity index (χ0v) is 15.8. The van der Waals surface area contributed by atoms with E-state index in [-0.39, 0.29) is 16.1 Å². The van der Waals surface area contributed by atoms with E-state index in [0.29, 0.717) is 9.79 Å². The van der Waals surface area contributed by atoms with Crippen molar-refractivity contribution in [3.63, 3.8) is 0 Å². The molecule has 3 fully saturated rings. The first kappa shape index (κ1) is 17.1. The van der Waals surface area contributed by atoms with Crippen LogP contribution in [0.4, 0.5) is 4.39 Å². The lowest BCUT2D eigenvalue weighted by molar-refractivity contribution is -0.0672. The normalized spacial score (nSPS) is 27.7. The van der Waals surface area contributed by atoms with E-state index in [0.717, 1.165) is 24.8 Å². The maximum absolute atomic E-state index is 13.9. The van der Waals surface area contributed by atoms with E-state index in [4.69, 9.17) is 0 Å². The Morgan fingerprint density at radius 1 is 1.04 bits per heavy atom. The highest BCUT2D eigenvalue weighted by Crippen LogP contribution is 2.71. The van der Waals surface area contributed by atoms with E-state index in [1.807, 2.05) is 25.1 Å². The summed E-state index contributed by atoms with van der Waals surface area (Å²) in [7, 11) is -1.82. The summed E-state index contributed by atoms with van der Waals surface area (Å²) < 4.78 is 41.2. The highest BCUT2D eigenvalue weighted by atomic mass is 32.2. The van der Waals surface area contributed by atoms with Crippen molar-refractivity contribution in [2.75, 3.05) is 7.05 Å². The maximum Gasteiger partial charge on any atom is 0.243 e. The van der Waals surface area contributed by atoms with Gasteiger partial charge < -0.3 is 0 Å². The van der Waals surface area contributed by atoms with Crippen molar-refractivity contribution in [3.8, 4) is 0 Å². The highest BCUT2D eigenvalue weighted by molar-refractivity contribution is 8.01. The molecule has 3 aliphatic carbocycles. The molecule has 0 N–H and O–H groups in total. The predicted molar refractivity (Wildman–Crippen MR) is 97.7 cm³/mol. The van der Waals surface area contributed by atoms with Crippen LogP contribution in [-0.4, -0.2) is 30.1 Å².